The van der Waals surface area contributed by atoms with Gasteiger partial charge in [-0.2, -0.15) is 0 Å². The third-order valence-electron chi connectivity index (χ3n) is 6.53. The van der Waals surface area contributed by atoms with Gasteiger partial charge >= 0.3 is 6.09 Å². The number of aromatic amines is 1. The third kappa shape index (κ3) is 8.83. The second kappa shape index (κ2) is 14.9. The van der Waals surface area contributed by atoms with Crippen molar-refractivity contribution in [1.29, 1.82) is 0 Å². The van der Waals surface area contributed by atoms with Crippen molar-refractivity contribution in [3.8, 4) is 11.5 Å². The lowest BCUT2D eigenvalue weighted by Crippen LogP contribution is -2.44. The summed E-state index contributed by atoms with van der Waals surface area (Å²) in [6, 6.07) is 9.78. The highest BCUT2D eigenvalue weighted by Crippen LogP contribution is 2.27. The van der Waals surface area contributed by atoms with Crippen LogP contribution in [0.3, 0.4) is 0 Å². The predicted octanol–water partition coefficient (Wildman–Crippen LogP) is 3.97. The second-order valence-corrected chi connectivity index (χ2v) is 10.3. The number of amides is 2. The van der Waals surface area contributed by atoms with Crippen LogP contribution >= 0.6 is 0 Å². The normalized spacial score (nSPS) is 12.2. The summed E-state index contributed by atoms with van der Waals surface area (Å²) in [5.74, 6) is -1.64. The summed E-state index contributed by atoms with van der Waals surface area (Å²) in [5, 5.41) is 5.03. The van der Waals surface area contributed by atoms with Crippen LogP contribution in [0.25, 0.3) is 11.0 Å². The Morgan fingerprint density at radius 1 is 1.16 bits per heavy atom. The van der Waals surface area contributed by atoms with Crippen molar-refractivity contribution in [3.63, 3.8) is 0 Å². The Morgan fingerprint density at radius 3 is 2.67 bits per heavy atom. The van der Waals surface area contributed by atoms with Crippen LogP contribution in [0.2, 0.25) is 0 Å². The van der Waals surface area contributed by atoms with Crippen LogP contribution in [-0.2, 0) is 20.9 Å². The zero-order valence-electron chi connectivity index (χ0n) is 24.8. The van der Waals surface area contributed by atoms with Gasteiger partial charge in [0.05, 0.1) is 24.7 Å². The summed E-state index contributed by atoms with van der Waals surface area (Å²) in [6.07, 6.45) is 3.57. The lowest BCUT2D eigenvalue weighted by atomic mass is 10.1. The molecule has 14 heteroatoms. The number of methoxy groups -OCH3 is 1. The molecule has 2 aromatic heterocycles. The smallest absolute Gasteiger partial charge is 0.407 e. The average Bonchev–Trinajstić information content (AvgIpc) is 3.40. The number of hydrogen-bond acceptors (Lipinski definition) is 8. The number of carbonyl (C=O) groups excluding carboxylic acids is 3. The number of aromatic nitrogens is 3. The maximum Gasteiger partial charge on any atom is 0.407 e. The Balaban J connectivity index is 1.47. The second-order valence-electron chi connectivity index (χ2n) is 10.3. The van der Waals surface area contributed by atoms with Crippen LogP contribution in [0.1, 0.15) is 18.7 Å². The zero-order valence-corrected chi connectivity index (χ0v) is 24.8. The first kappa shape index (κ1) is 32.5. The van der Waals surface area contributed by atoms with Crippen molar-refractivity contribution < 1.29 is 32.6 Å². The Morgan fingerprint density at radius 2 is 1.96 bits per heavy atom. The molecule has 4 aromatic rings. The number of likely N-dealkylation sites (N-methyl/N-ethyl adjacent to an activating group) is 1. The molecular formula is C31H32F2N6O6. The number of ether oxygens (including phenoxy) is 2. The number of hydrogen-bond donors (Lipinski definition) is 3. The van der Waals surface area contributed by atoms with Crippen LogP contribution in [-0.4, -0.2) is 71.5 Å². The number of alkyl carbamates (subject to hydrolysis) is 1. The molecule has 3 N–H and O–H groups in total. The number of pyridine rings is 1. The fourth-order valence-corrected chi connectivity index (χ4v) is 4.42. The number of anilines is 1. The average molecular weight is 623 g/mol. The zero-order chi connectivity index (χ0) is 32.5. The van der Waals surface area contributed by atoms with E-state index in [9.17, 15) is 28.0 Å². The first-order valence-corrected chi connectivity index (χ1v) is 13.8. The van der Waals surface area contributed by atoms with E-state index in [0.29, 0.717) is 35.4 Å². The van der Waals surface area contributed by atoms with Gasteiger partial charge in [0, 0.05) is 30.4 Å². The first-order chi connectivity index (χ1) is 21.6. The molecule has 45 heavy (non-hydrogen) atoms. The number of carbonyl (C=O) groups is 3. The molecule has 0 aliphatic carbocycles. The molecule has 0 saturated carbocycles. The minimum Gasteiger partial charge on any atom is -0.454 e. The molecule has 236 valence electrons. The molecule has 0 saturated heterocycles. The molecule has 2 heterocycles. The van der Waals surface area contributed by atoms with E-state index in [1.54, 1.807) is 30.3 Å². The van der Waals surface area contributed by atoms with Crippen LogP contribution < -0.4 is 20.9 Å². The summed E-state index contributed by atoms with van der Waals surface area (Å²) in [4.78, 5) is 59.0. The molecule has 2 amide bonds. The molecule has 12 nitrogen and oxygen atoms in total. The van der Waals surface area contributed by atoms with Crippen molar-refractivity contribution in [2.75, 3.05) is 33.1 Å². The molecule has 0 unspecified atom stereocenters. The molecule has 0 aliphatic heterocycles. The SMILES string of the molecule is COC(=O)N[C@@H](CC/C=C(\C=O)CN(C)C)C(=O)Nc1cccn(Cc2nc3ccc(Oc4ccc(F)cc4F)cc3[nH]2)c1=O. The summed E-state index contributed by atoms with van der Waals surface area (Å²) in [7, 11) is 4.80. The van der Waals surface area contributed by atoms with E-state index < -0.39 is 35.2 Å². The van der Waals surface area contributed by atoms with Crippen molar-refractivity contribution in [2.45, 2.75) is 25.4 Å². The summed E-state index contributed by atoms with van der Waals surface area (Å²) >= 11 is 0. The monoisotopic (exact) mass is 622 g/mol. The van der Waals surface area contributed by atoms with Crippen LogP contribution in [0.5, 0.6) is 11.5 Å². The minimum absolute atomic E-state index is 0.0228. The molecule has 1 atom stereocenters. The van der Waals surface area contributed by atoms with Gasteiger partial charge in [0.25, 0.3) is 5.56 Å². The predicted molar refractivity (Wildman–Crippen MR) is 162 cm³/mol. The van der Waals surface area contributed by atoms with Gasteiger partial charge in [-0.1, -0.05) is 6.08 Å². The number of nitrogens with one attached hydrogen (secondary N) is 3. The number of nitrogens with zero attached hydrogens (tertiary/aromatic N) is 3. The number of benzene rings is 2. The summed E-state index contributed by atoms with van der Waals surface area (Å²) < 4.78 is 38.7. The fraction of sp³-hybridized carbons (Fsp3) is 0.258. The summed E-state index contributed by atoms with van der Waals surface area (Å²) in [5.41, 5.74) is 1.09. The molecule has 0 fully saturated rings. The molecule has 0 radical (unpaired) electrons. The van der Waals surface area contributed by atoms with Crippen LogP contribution in [0, 0.1) is 11.6 Å². The third-order valence-corrected chi connectivity index (χ3v) is 6.53. The van der Waals surface area contributed by atoms with Crippen molar-refractivity contribution in [2.24, 2.45) is 0 Å². The van der Waals surface area contributed by atoms with Gasteiger partial charge in [-0.25, -0.2) is 18.6 Å². The van der Waals surface area contributed by atoms with Gasteiger partial charge in [0.2, 0.25) is 5.91 Å². The van der Waals surface area contributed by atoms with Gasteiger partial charge in [0.15, 0.2) is 11.6 Å². The Labute approximate surface area is 256 Å². The fourth-order valence-electron chi connectivity index (χ4n) is 4.42. The van der Waals surface area contributed by atoms with Gasteiger partial charge in [-0.05, 0) is 63.3 Å². The maximum atomic E-state index is 14.0. The number of fused-ring (bicyclic) bond motifs is 1. The molecule has 2 aromatic carbocycles. The van der Waals surface area contributed by atoms with Gasteiger partial charge in [-0.3, -0.25) is 14.4 Å². The topological polar surface area (TPSA) is 148 Å². The number of imidazole rings is 1. The molecule has 0 bridgehead atoms. The molecule has 4 rings (SSSR count). The van der Waals surface area contributed by atoms with E-state index in [4.69, 9.17) is 4.74 Å². The Bertz CT molecular complexity index is 1780. The highest BCUT2D eigenvalue weighted by atomic mass is 19.1. The molecular weight excluding hydrogens is 590 g/mol. The van der Waals surface area contributed by atoms with Crippen molar-refractivity contribution in [1.82, 2.24) is 24.8 Å². The molecule has 0 spiro atoms. The number of allylic oxidation sites excluding steroid dienone is 1. The number of rotatable bonds is 13. The van der Waals surface area contributed by atoms with Gasteiger partial charge in [-0.15, -0.1) is 0 Å². The van der Waals surface area contributed by atoms with E-state index in [-0.39, 0.29) is 30.2 Å². The minimum atomic E-state index is -1.05. The van der Waals surface area contributed by atoms with Gasteiger partial charge < -0.3 is 34.6 Å². The number of H-pyrrole nitrogens is 1. The Kier molecular flexibility index (Phi) is 10.8. The van der Waals surface area contributed by atoms with E-state index in [0.717, 1.165) is 18.4 Å². The quantitative estimate of drug-likeness (QED) is 0.150. The number of aldehydes is 1. The van der Waals surface area contributed by atoms with E-state index in [2.05, 4.69) is 25.3 Å². The highest BCUT2D eigenvalue weighted by molar-refractivity contribution is 5.96. The number of halogens is 2. The van der Waals surface area contributed by atoms with E-state index in [1.807, 2.05) is 19.0 Å². The Hall–Kier alpha value is -5.37. The van der Waals surface area contributed by atoms with E-state index >= 15 is 0 Å². The first-order valence-electron chi connectivity index (χ1n) is 13.8. The lowest BCUT2D eigenvalue weighted by Gasteiger charge is -2.17. The lowest BCUT2D eigenvalue weighted by molar-refractivity contribution is -0.118. The highest BCUT2D eigenvalue weighted by Gasteiger charge is 2.22. The largest absolute Gasteiger partial charge is 0.454 e. The van der Waals surface area contributed by atoms with Crippen molar-refractivity contribution in [3.05, 3.63) is 94.2 Å². The van der Waals surface area contributed by atoms with Crippen molar-refractivity contribution >= 4 is 35.0 Å². The standard InChI is InChI=1S/C31H32F2N6O6/c1-38(2)16-19(18-40)6-4-7-24(37-31(43)44-3)29(41)36-25-8-5-13-39(30(25)42)17-28-34-23-11-10-21(15-26(23)35-28)45-27-12-9-20(32)14-22(27)33/h5-6,8-15,18,24H,4,7,16-17H2,1-3H3,(H,34,35)(H,36,41)(H,37,43)/b19-6-/t24-/m0/s1. The summed E-state index contributed by atoms with van der Waals surface area (Å²) in [6.45, 7) is 0.444. The van der Waals surface area contributed by atoms with Crippen LogP contribution in [0.4, 0.5) is 19.3 Å². The van der Waals surface area contributed by atoms with Crippen LogP contribution in [0.15, 0.2) is 71.2 Å². The maximum absolute atomic E-state index is 14.0. The van der Waals surface area contributed by atoms with E-state index in [1.165, 1.54) is 30.0 Å². The van der Waals surface area contributed by atoms with Gasteiger partial charge in [0.1, 0.15) is 35.4 Å². The molecule has 0 aliphatic rings.